The van der Waals surface area contributed by atoms with Gasteiger partial charge in [0.25, 0.3) is 0 Å². The molecule has 0 aromatic heterocycles. The van der Waals surface area contributed by atoms with Gasteiger partial charge in [0, 0.05) is 18.7 Å². The summed E-state index contributed by atoms with van der Waals surface area (Å²) in [5, 5.41) is 3.38. The Morgan fingerprint density at radius 2 is 2.23 bits per heavy atom. The van der Waals surface area contributed by atoms with Gasteiger partial charge in [-0.25, -0.2) is 0 Å². The van der Waals surface area contributed by atoms with Gasteiger partial charge in [-0.2, -0.15) is 0 Å². The van der Waals surface area contributed by atoms with Gasteiger partial charge in [0.1, 0.15) is 5.75 Å². The summed E-state index contributed by atoms with van der Waals surface area (Å²) in [6.45, 7) is 3.39. The maximum absolute atomic E-state index is 5.69. The Morgan fingerprint density at radius 3 is 3.05 bits per heavy atom. The van der Waals surface area contributed by atoms with Crippen molar-refractivity contribution in [3.05, 3.63) is 35.9 Å². The standard InChI is InChI=1S/C18H27NO3/c1-20-17-10-3-2-8-16(17)9-6-12-19-13-7-15-22-18-11-4-5-14-21-18/h2-3,6,8-10,18-19H,4-5,7,11-15H2,1H3. The first-order valence-electron chi connectivity index (χ1n) is 8.13. The molecule has 0 bridgehead atoms. The molecule has 0 spiro atoms. The Hall–Kier alpha value is -1.36. The topological polar surface area (TPSA) is 39.7 Å². The van der Waals surface area contributed by atoms with Gasteiger partial charge in [-0.15, -0.1) is 0 Å². The zero-order valence-corrected chi connectivity index (χ0v) is 13.4. The molecule has 1 heterocycles. The predicted octanol–water partition coefficient (Wildman–Crippen LogP) is 3.23. The predicted molar refractivity (Wildman–Crippen MR) is 89.1 cm³/mol. The van der Waals surface area contributed by atoms with Crippen LogP contribution in [0.4, 0.5) is 0 Å². The molecular formula is C18H27NO3. The summed E-state index contributed by atoms with van der Waals surface area (Å²) in [6, 6.07) is 8.01. The van der Waals surface area contributed by atoms with Gasteiger partial charge in [-0.05, 0) is 38.3 Å². The smallest absolute Gasteiger partial charge is 0.157 e. The fourth-order valence-electron chi connectivity index (χ4n) is 2.43. The number of ether oxygens (including phenoxy) is 3. The molecule has 1 aromatic rings. The maximum atomic E-state index is 5.69. The molecule has 1 N–H and O–H groups in total. The Kier molecular flexibility index (Phi) is 8.02. The SMILES string of the molecule is COc1ccccc1C=CCNCCCOC1CCCCO1. The van der Waals surface area contributed by atoms with E-state index in [-0.39, 0.29) is 6.29 Å². The number of para-hydroxylation sites is 1. The number of nitrogens with one attached hydrogen (secondary N) is 1. The van der Waals surface area contributed by atoms with Gasteiger partial charge in [0.05, 0.1) is 13.7 Å². The number of rotatable bonds is 9. The van der Waals surface area contributed by atoms with E-state index >= 15 is 0 Å². The van der Waals surface area contributed by atoms with Crippen LogP contribution in [0.2, 0.25) is 0 Å². The van der Waals surface area contributed by atoms with Crippen LogP contribution < -0.4 is 10.1 Å². The van der Waals surface area contributed by atoms with Crippen LogP contribution in [0.15, 0.2) is 30.3 Å². The van der Waals surface area contributed by atoms with Crippen LogP contribution in [-0.2, 0) is 9.47 Å². The number of benzene rings is 1. The second kappa shape index (κ2) is 10.4. The summed E-state index contributed by atoms with van der Waals surface area (Å²) in [7, 11) is 1.70. The molecule has 4 nitrogen and oxygen atoms in total. The summed E-state index contributed by atoms with van der Waals surface area (Å²) < 4.78 is 16.5. The third-order valence-corrected chi connectivity index (χ3v) is 3.64. The zero-order valence-electron chi connectivity index (χ0n) is 13.4. The third kappa shape index (κ3) is 6.18. The van der Waals surface area contributed by atoms with Crippen LogP contribution in [0.3, 0.4) is 0 Å². The van der Waals surface area contributed by atoms with E-state index in [0.717, 1.165) is 50.5 Å². The van der Waals surface area contributed by atoms with Crippen molar-refractivity contribution in [3.8, 4) is 5.75 Å². The number of hydrogen-bond acceptors (Lipinski definition) is 4. The summed E-state index contributed by atoms with van der Waals surface area (Å²) in [6.07, 6.45) is 8.65. The normalized spacial score (nSPS) is 18.7. The summed E-state index contributed by atoms with van der Waals surface area (Å²) >= 11 is 0. The molecule has 0 saturated carbocycles. The van der Waals surface area contributed by atoms with Crippen molar-refractivity contribution in [2.75, 3.05) is 33.4 Å². The monoisotopic (exact) mass is 305 g/mol. The van der Waals surface area contributed by atoms with Crippen molar-refractivity contribution in [2.45, 2.75) is 32.0 Å². The van der Waals surface area contributed by atoms with Gasteiger partial charge >= 0.3 is 0 Å². The number of methoxy groups -OCH3 is 1. The highest BCUT2D eigenvalue weighted by Gasteiger charge is 2.13. The number of hydrogen-bond donors (Lipinski definition) is 1. The largest absolute Gasteiger partial charge is 0.496 e. The van der Waals surface area contributed by atoms with E-state index in [0.29, 0.717) is 0 Å². The average Bonchev–Trinajstić information content (AvgIpc) is 2.58. The molecular weight excluding hydrogens is 278 g/mol. The van der Waals surface area contributed by atoms with Crippen LogP contribution in [0.25, 0.3) is 6.08 Å². The van der Waals surface area contributed by atoms with Crippen LogP contribution >= 0.6 is 0 Å². The highest BCUT2D eigenvalue weighted by atomic mass is 16.7. The first-order valence-corrected chi connectivity index (χ1v) is 8.13. The van der Waals surface area contributed by atoms with E-state index in [9.17, 15) is 0 Å². The third-order valence-electron chi connectivity index (χ3n) is 3.64. The quantitative estimate of drug-likeness (QED) is 0.711. The molecule has 0 amide bonds. The first-order chi connectivity index (χ1) is 10.9. The minimum Gasteiger partial charge on any atom is -0.496 e. The van der Waals surface area contributed by atoms with E-state index in [2.05, 4.69) is 17.5 Å². The first kappa shape index (κ1) is 17.0. The minimum absolute atomic E-state index is 0.0270. The van der Waals surface area contributed by atoms with E-state index in [1.165, 1.54) is 12.8 Å². The van der Waals surface area contributed by atoms with Gasteiger partial charge in [0.2, 0.25) is 0 Å². The second-order valence-corrected chi connectivity index (χ2v) is 5.37. The molecule has 2 rings (SSSR count). The van der Waals surface area contributed by atoms with Crippen LogP contribution in [-0.4, -0.2) is 39.7 Å². The summed E-state index contributed by atoms with van der Waals surface area (Å²) in [4.78, 5) is 0. The lowest BCUT2D eigenvalue weighted by Crippen LogP contribution is -2.24. The Balaban J connectivity index is 1.52. The lowest BCUT2D eigenvalue weighted by Gasteiger charge is -2.22. The van der Waals surface area contributed by atoms with Crippen LogP contribution in [0, 0.1) is 0 Å². The highest BCUT2D eigenvalue weighted by molar-refractivity contribution is 5.57. The van der Waals surface area contributed by atoms with Crippen molar-refractivity contribution < 1.29 is 14.2 Å². The Bertz CT molecular complexity index is 442. The Labute approximate surface area is 133 Å². The van der Waals surface area contributed by atoms with Crippen molar-refractivity contribution in [3.63, 3.8) is 0 Å². The molecule has 4 heteroatoms. The molecule has 1 fully saturated rings. The molecule has 1 aromatic carbocycles. The van der Waals surface area contributed by atoms with Crippen molar-refractivity contribution in [2.24, 2.45) is 0 Å². The van der Waals surface area contributed by atoms with Gasteiger partial charge in [-0.3, -0.25) is 0 Å². The minimum atomic E-state index is 0.0270. The maximum Gasteiger partial charge on any atom is 0.157 e. The van der Waals surface area contributed by atoms with Crippen molar-refractivity contribution in [1.29, 1.82) is 0 Å². The van der Waals surface area contributed by atoms with Gasteiger partial charge in [-0.1, -0.05) is 30.4 Å². The van der Waals surface area contributed by atoms with E-state index in [1.807, 2.05) is 24.3 Å². The van der Waals surface area contributed by atoms with Crippen LogP contribution in [0.5, 0.6) is 5.75 Å². The van der Waals surface area contributed by atoms with Crippen LogP contribution in [0.1, 0.15) is 31.2 Å². The summed E-state index contributed by atoms with van der Waals surface area (Å²) in [5.41, 5.74) is 1.10. The van der Waals surface area contributed by atoms with Crippen molar-refractivity contribution >= 4 is 6.08 Å². The van der Waals surface area contributed by atoms with Crippen molar-refractivity contribution in [1.82, 2.24) is 5.32 Å². The molecule has 1 aliphatic heterocycles. The molecule has 122 valence electrons. The highest BCUT2D eigenvalue weighted by Crippen LogP contribution is 2.18. The molecule has 0 radical (unpaired) electrons. The average molecular weight is 305 g/mol. The lowest BCUT2D eigenvalue weighted by molar-refractivity contribution is -0.162. The molecule has 1 aliphatic rings. The lowest BCUT2D eigenvalue weighted by atomic mass is 10.2. The molecule has 0 aliphatic carbocycles. The summed E-state index contributed by atoms with van der Waals surface area (Å²) in [5.74, 6) is 0.902. The molecule has 22 heavy (non-hydrogen) atoms. The Morgan fingerprint density at radius 1 is 1.32 bits per heavy atom. The van der Waals surface area contributed by atoms with E-state index in [4.69, 9.17) is 14.2 Å². The zero-order chi connectivity index (χ0) is 15.5. The molecule has 1 unspecified atom stereocenters. The molecule has 1 saturated heterocycles. The second-order valence-electron chi connectivity index (χ2n) is 5.37. The van der Waals surface area contributed by atoms with Gasteiger partial charge in [0.15, 0.2) is 6.29 Å². The fraction of sp³-hybridized carbons (Fsp3) is 0.556. The molecule has 1 atom stereocenters. The van der Waals surface area contributed by atoms with E-state index in [1.54, 1.807) is 7.11 Å². The van der Waals surface area contributed by atoms with E-state index < -0.39 is 0 Å². The van der Waals surface area contributed by atoms with Gasteiger partial charge < -0.3 is 19.5 Å². The fourth-order valence-corrected chi connectivity index (χ4v) is 2.43.